The first-order valence-electron chi connectivity index (χ1n) is 6.98. The predicted octanol–water partition coefficient (Wildman–Crippen LogP) is 4.11. The third kappa shape index (κ3) is 4.40. The Balaban J connectivity index is 1.97. The number of carbonyl (C=O) groups is 2. The number of aryl methyl sites for hydroxylation is 1. The van der Waals surface area contributed by atoms with Crippen molar-refractivity contribution in [1.82, 2.24) is 0 Å². The minimum Gasteiger partial charge on any atom is -0.484 e. The molecule has 0 radical (unpaired) electrons. The molecule has 0 aliphatic heterocycles. The lowest BCUT2D eigenvalue weighted by Crippen LogP contribution is -2.20. The lowest BCUT2D eigenvalue weighted by atomic mass is 10.2. The normalized spacial score (nSPS) is 10.2. The van der Waals surface area contributed by atoms with Crippen molar-refractivity contribution in [2.45, 2.75) is 6.92 Å². The molecule has 0 atom stereocenters. The third-order valence-corrected chi connectivity index (χ3v) is 4.00. The van der Waals surface area contributed by atoms with Crippen LogP contribution in [-0.2, 0) is 9.53 Å². The minimum absolute atomic E-state index is 0.224. The van der Waals surface area contributed by atoms with Crippen LogP contribution in [0.3, 0.4) is 0 Å². The van der Waals surface area contributed by atoms with Crippen LogP contribution in [0.4, 0.5) is 5.69 Å². The van der Waals surface area contributed by atoms with E-state index in [0.717, 1.165) is 5.56 Å². The van der Waals surface area contributed by atoms with Crippen molar-refractivity contribution in [1.29, 1.82) is 0 Å². The summed E-state index contributed by atoms with van der Waals surface area (Å²) in [6.07, 6.45) is 0. The molecule has 0 heterocycles. The number of anilines is 1. The van der Waals surface area contributed by atoms with Gasteiger partial charge in [0.1, 0.15) is 5.75 Å². The molecule has 7 heteroatoms. The Hall–Kier alpha value is -2.24. The number of rotatable bonds is 5. The van der Waals surface area contributed by atoms with E-state index in [1.165, 1.54) is 7.11 Å². The molecule has 0 spiro atoms. The number of carbonyl (C=O) groups excluding carboxylic acids is 2. The van der Waals surface area contributed by atoms with Crippen LogP contribution in [0.25, 0.3) is 0 Å². The summed E-state index contributed by atoms with van der Waals surface area (Å²) in [7, 11) is 1.30. The monoisotopic (exact) mass is 367 g/mol. The van der Waals surface area contributed by atoms with Gasteiger partial charge in [-0.25, -0.2) is 4.79 Å². The van der Waals surface area contributed by atoms with E-state index in [0.29, 0.717) is 27.0 Å². The maximum absolute atomic E-state index is 12.0. The van der Waals surface area contributed by atoms with Gasteiger partial charge in [-0.3, -0.25) is 4.79 Å². The van der Waals surface area contributed by atoms with Gasteiger partial charge in [-0.2, -0.15) is 0 Å². The Morgan fingerprint density at radius 1 is 1.08 bits per heavy atom. The molecule has 0 aliphatic carbocycles. The first-order valence-corrected chi connectivity index (χ1v) is 7.73. The van der Waals surface area contributed by atoms with Crippen molar-refractivity contribution in [2.24, 2.45) is 0 Å². The first kappa shape index (κ1) is 18.1. The van der Waals surface area contributed by atoms with E-state index in [2.05, 4.69) is 10.1 Å². The summed E-state index contributed by atoms with van der Waals surface area (Å²) in [4.78, 5) is 23.3. The highest BCUT2D eigenvalue weighted by Gasteiger charge is 2.12. The molecule has 2 rings (SSSR count). The van der Waals surface area contributed by atoms with Crippen LogP contribution in [0.1, 0.15) is 15.9 Å². The summed E-state index contributed by atoms with van der Waals surface area (Å²) in [5, 5.41) is 3.36. The van der Waals surface area contributed by atoms with E-state index in [1.807, 2.05) is 6.92 Å². The van der Waals surface area contributed by atoms with Crippen molar-refractivity contribution >= 4 is 40.8 Å². The summed E-state index contributed by atoms with van der Waals surface area (Å²) >= 11 is 12.2. The zero-order chi connectivity index (χ0) is 17.7. The Morgan fingerprint density at radius 2 is 1.75 bits per heavy atom. The number of methoxy groups -OCH3 is 1. The maximum Gasteiger partial charge on any atom is 0.337 e. The van der Waals surface area contributed by atoms with Gasteiger partial charge in [-0.05, 0) is 42.8 Å². The summed E-state index contributed by atoms with van der Waals surface area (Å²) in [5.41, 5.74) is 1.55. The van der Waals surface area contributed by atoms with Crippen LogP contribution in [0, 0.1) is 6.92 Å². The van der Waals surface area contributed by atoms with Gasteiger partial charge in [0.2, 0.25) is 0 Å². The highest BCUT2D eigenvalue weighted by molar-refractivity contribution is 6.40. The first-order chi connectivity index (χ1) is 11.4. The number of amides is 1. The number of hydrogen-bond donors (Lipinski definition) is 1. The second kappa shape index (κ2) is 8.04. The van der Waals surface area contributed by atoms with Crippen LogP contribution in [0.2, 0.25) is 10.0 Å². The molecule has 2 aromatic rings. The van der Waals surface area contributed by atoms with Gasteiger partial charge in [-0.15, -0.1) is 0 Å². The molecule has 0 bridgehead atoms. The zero-order valence-corrected chi connectivity index (χ0v) is 14.6. The van der Waals surface area contributed by atoms with Gasteiger partial charge in [-0.1, -0.05) is 29.3 Å². The molecule has 1 amide bonds. The van der Waals surface area contributed by atoms with E-state index >= 15 is 0 Å². The van der Waals surface area contributed by atoms with Crippen molar-refractivity contribution in [2.75, 3.05) is 19.0 Å². The van der Waals surface area contributed by atoms with Gasteiger partial charge in [0.25, 0.3) is 5.91 Å². The standard InChI is InChI=1S/C17H15Cl2NO4/c1-10-3-8-13(18)16(15(10)19)20-14(21)9-24-12-6-4-11(5-7-12)17(22)23-2/h3-8H,9H2,1-2H3,(H,20,21). The number of benzene rings is 2. The molecule has 0 unspecified atom stereocenters. The fraction of sp³-hybridized carbons (Fsp3) is 0.176. The lowest BCUT2D eigenvalue weighted by Gasteiger charge is -2.12. The number of nitrogens with one attached hydrogen (secondary N) is 1. The summed E-state index contributed by atoms with van der Waals surface area (Å²) in [6.45, 7) is 1.59. The maximum atomic E-state index is 12.0. The smallest absolute Gasteiger partial charge is 0.337 e. The molecular weight excluding hydrogens is 353 g/mol. The molecule has 0 aromatic heterocycles. The summed E-state index contributed by atoms with van der Waals surface area (Å²) in [5.74, 6) is -0.399. The number of esters is 1. The van der Waals surface area contributed by atoms with Crippen LogP contribution in [-0.4, -0.2) is 25.6 Å². The van der Waals surface area contributed by atoms with E-state index in [4.69, 9.17) is 27.9 Å². The third-order valence-electron chi connectivity index (χ3n) is 3.19. The average molecular weight is 368 g/mol. The second-order valence-electron chi connectivity index (χ2n) is 4.91. The largest absolute Gasteiger partial charge is 0.484 e. The predicted molar refractivity (Wildman–Crippen MR) is 93.1 cm³/mol. The lowest BCUT2D eigenvalue weighted by molar-refractivity contribution is -0.118. The molecule has 126 valence electrons. The Bertz CT molecular complexity index is 760. The fourth-order valence-corrected chi connectivity index (χ4v) is 2.37. The highest BCUT2D eigenvalue weighted by atomic mass is 35.5. The van der Waals surface area contributed by atoms with E-state index in [-0.39, 0.29) is 6.61 Å². The number of hydrogen-bond acceptors (Lipinski definition) is 4. The molecule has 0 aliphatic rings. The quantitative estimate of drug-likeness (QED) is 0.807. The minimum atomic E-state index is -0.442. The van der Waals surface area contributed by atoms with Gasteiger partial charge < -0.3 is 14.8 Å². The van der Waals surface area contributed by atoms with Gasteiger partial charge in [0.15, 0.2) is 6.61 Å². The van der Waals surface area contributed by atoms with E-state index in [1.54, 1.807) is 36.4 Å². The van der Waals surface area contributed by atoms with Crippen LogP contribution < -0.4 is 10.1 Å². The Labute approximate surface area is 149 Å². The Kier molecular flexibility index (Phi) is 6.06. The van der Waals surface area contributed by atoms with Crippen LogP contribution >= 0.6 is 23.2 Å². The van der Waals surface area contributed by atoms with Crippen LogP contribution in [0.15, 0.2) is 36.4 Å². The van der Waals surface area contributed by atoms with Crippen molar-refractivity contribution in [3.63, 3.8) is 0 Å². The highest BCUT2D eigenvalue weighted by Crippen LogP contribution is 2.32. The van der Waals surface area contributed by atoms with Crippen molar-refractivity contribution < 1.29 is 19.1 Å². The summed E-state index contributed by atoms with van der Waals surface area (Å²) < 4.78 is 9.97. The van der Waals surface area contributed by atoms with Crippen molar-refractivity contribution in [3.8, 4) is 5.75 Å². The average Bonchev–Trinajstić information content (AvgIpc) is 2.60. The Morgan fingerprint density at radius 3 is 2.38 bits per heavy atom. The zero-order valence-electron chi connectivity index (χ0n) is 13.1. The molecule has 2 aromatic carbocycles. The van der Waals surface area contributed by atoms with Gasteiger partial charge in [0, 0.05) is 0 Å². The van der Waals surface area contributed by atoms with E-state index < -0.39 is 11.9 Å². The molecule has 5 nitrogen and oxygen atoms in total. The molecular formula is C17H15Cl2NO4. The number of ether oxygens (including phenoxy) is 2. The second-order valence-corrected chi connectivity index (χ2v) is 5.69. The van der Waals surface area contributed by atoms with Crippen LogP contribution in [0.5, 0.6) is 5.75 Å². The van der Waals surface area contributed by atoms with Crippen molar-refractivity contribution in [3.05, 3.63) is 57.6 Å². The molecule has 24 heavy (non-hydrogen) atoms. The number of halogens is 2. The van der Waals surface area contributed by atoms with Gasteiger partial charge >= 0.3 is 5.97 Å². The molecule has 0 saturated heterocycles. The summed E-state index contributed by atoms with van der Waals surface area (Å²) in [6, 6.07) is 9.67. The SMILES string of the molecule is COC(=O)c1ccc(OCC(=O)Nc2c(Cl)ccc(C)c2Cl)cc1. The van der Waals surface area contributed by atoms with E-state index in [9.17, 15) is 9.59 Å². The molecule has 1 N–H and O–H groups in total. The van der Waals surface area contributed by atoms with Gasteiger partial charge in [0.05, 0.1) is 28.4 Å². The molecule has 0 saturated carbocycles. The molecule has 0 fully saturated rings. The fourth-order valence-electron chi connectivity index (χ4n) is 1.90. The topological polar surface area (TPSA) is 64.6 Å².